The average molecular weight is 366 g/mol. The molecule has 2 amide bonds. The van der Waals surface area contributed by atoms with Gasteiger partial charge in [0.25, 0.3) is 0 Å². The molecular weight excluding hydrogens is 334 g/mol. The number of thioether (sulfide) groups is 1. The van der Waals surface area contributed by atoms with E-state index in [-0.39, 0.29) is 17.6 Å². The van der Waals surface area contributed by atoms with Gasteiger partial charge in [0.2, 0.25) is 0 Å². The molecule has 6 heteroatoms. The van der Waals surface area contributed by atoms with Crippen LogP contribution in [0, 0.1) is 0 Å². The monoisotopic (exact) mass is 365 g/mol. The average Bonchev–Trinajstić information content (AvgIpc) is 2.66. The summed E-state index contributed by atoms with van der Waals surface area (Å²) in [6, 6.07) is 8.17. The van der Waals surface area contributed by atoms with Gasteiger partial charge in [-0.3, -0.25) is 4.90 Å². The first-order chi connectivity index (χ1) is 12.0. The molecule has 2 N–H and O–H groups in total. The van der Waals surface area contributed by atoms with Crippen molar-refractivity contribution in [2.45, 2.75) is 43.7 Å². The first-order valence-corrected chi connectivity index (χ1v) is 10.2. The maximum absolute atomic E-state index is 12.3. The van der Waals surface area contributed by atoms with E-state index in [4.69, 9.17) is 4.74 Å². The third kappa shape index (κ3) is 5.62. The molecule has 0 aliphatic carbocycles. The lowest BCUT2D eigenvalue weighted by molar-refractivity contribution is -0.0165. The normalized spacial score (nSPS) is 19.0. The summed E-state index contributed by atoms with van der Waals surface area (Å²) in [5.41, 5.74) is 1.07. The number of urea groups is 1. The Bertz CT molecular complexity index is 546. The smallest absolute Gasteiger partial charge is 0.315 e. The van der Waals surface area contributed by atoms with E-state index in [0.29, 0.717) is 6.54 Å². The van der Waals surface area contributed by atoms with Gasteiger partial charge in [-0.15, -0.1) is 11.8 Å². The third-order valence-electron chi connectivity index (χ3n) is 5.13. The van der Waals surface area contributed by atoms with Gasteiger partial charge in [0.15, 0.2) is 0 Å². The number of carbonyl (C=O) groups is 1. The van der Waals surface area contributed by atoms with E-state index in [1.54, 1.807) is 11.8 Å². The molecule has 1 saturated heterocycles. The molecule has 1 heterocycles. The van der Waals surface area contributed by atoms with Gasteiger partial charge in [-0.2, -0.15) is 0 Å². The van der Waals surface area contributed by atoms with E-state index in [1.165, 1.54) is 4.90 Å². The standard InChI is InChI=1S/C19H31N3O2S/c1-5-19(3,22-10-12-24-13-11-22)14-20-18(23)21-15(2)16-6-8-17(25-4)9-7-16/h6-9,15H,5,10-14H2,1-4H3,(H2,20,21,23)/t15-,19+/m0/s1. The molecule has 2 atom stereocenters. The zero-order valence-corrected chi connectivity index (χ0v) is 16.6. The van der Waals surface area contributed by atoms with E-state index >= 15 is 0 Å². The van der Waals surface area contributed by atoms with Gasteiger partial charge >= 0.3 is 6.03 Å². The summed E-state index contributed by atoms with van der Waals surface area (Å²) in [7, 11) is 0. The Kier molecular flexibility index (Phi) is 7.59. The van der Waals surface area contributed by atoms with Crippen molar-refractivity contribution in [3.05, 3.63) is 29.8 Å². The van der Waals surface area contributed by atoms with Crippen LogP contribution in [-0.2, 0) is 4.74 Å². The lowest BCUT2D eigenvalue weighted by Crippen LogP contribution is -2.57. The van der Waals surface area contributed by atoms with Crippen molar-refractivity contribution < 1.29 is 9.53 Å². The fourth-order valence-corrected chi connectivity index (χ4v) is 3.47. The summed E-state index contributed by atoms with van der Waals surface area (Å²) in [5, 5.41) is 6.09. The minimum Gasteiger partial charge on any atom is -0.379 e. The van der Waals surface area contributed by atoms with E-state index < -0.39 is 0 Å². The Balaban J connectivity index is 1.85. The van der Waals surface area contributed by atoms with Crippen molar-refractivity contribution in [2.75, 3.05) is 39.1 Å². The van der Waals surface area contributed by atoms with Crippen LogP contribution in [0.4, 0.5) is 4.79 Å². The maximum Gasteiger partial charge on any atom is 0.315 e. The molecule has 0 bridgehead atoms. The Morgan fingerprint density at radius 1 is 1.32 bits per heavy atom. The Labute approximate surface area is 155 Å². The van der Waals surface area contributed by atoms with Crippen molar-refractivity contribution in [3.8, 4) is 0 Å². The molecule has 0 unspecified atom stereocenters. The Morgan fingerprint density at radius 3 is 2.52 bits per heavy atom. The van der Waals surface area contributed by atoms with Gasteiger partial charge in [-0.25, -0.2) is 4.79 Å². The molecule has 1 aromatic rings. The number of carbonyl (C=O) groups excluding carboxylic acids is 1. The predicted octanol–water partition coefficient (Wildman–Crippen LogP) is 3.27. The molecule has 25 heavy (non-hydrogen) atoms. The summed E-state index contributed by atoms with van der Waals surface area (Å²) in [4.78, 5) is 16.0. The molecule has 5 nitrogen and oxygen atoms in total. The highest BCUT2D eigenvalue weighted by Gasteiger charge is 2.31. The highest BCUT2D eigenvalue weighted by atomic mass is 32.2. The lowest BCUT2D eigenvalue weighted by Gasteiger charge is -2.43. The second-order valence-electron chi connectivity index (χ2n) is 6.77. The summed E-state index contributed by atoms with van der Waals surface area (Å²) in [6.45, 7) is 10.4. The maximum atomic E-state index is 12.3. The number of hydrogen-bond donors (Lipinski definition) is 2. The molecule has 0 radical (unpaired) electrons. The largest absolute Gasteiger partial charge is 0.379 e. The SMILES string of the molecule is CC[C@](C)(CNC(=O)N[C@@H](C)c1ccc(SC)cc1)N1CCOCC1. The van der Waals surface area contributed by atoms with E-state index in [2.05, 4.69) is 59.9 Å². The minimum absolute atomic E-state index is 0.0211. The quantitative estimate of drug-likeness (QED) is 0.728. The van der Waals surface area contributed by atoms with Crippen LogP contribution >= 0.6 is 11.8 Å². The summed E-state index contributed by atoms with van der Waals surface area (Å²) >= 11 is 1.72. The summed E-state index contributed by atoms with van der Waals surface area (Å²) in [5.74, 6) is 0. The fourth-order valence-electron chi connectivity index (χ4n) is 3.06. The number of benzene rings is 1. The van der Waals surface area contributed by atoms with Gasteiger partial charge < -0.3 is 15.4 Å². The number of nitrogens with zero attached hydrogens (tertiary/aromatic N) is 1. The van der Waals surface area contributed by atoms with Gasteiger partial charge in [-0.1, -0.05) is 19.1 Å². The number of ether oxygens (including phenoxy) is 1. The van der Waals surface area contributed by atoms with E-state index in [0.717, 1.165) is 38.3 Å². The highest BCUT2D eigenvalue weighted by Crippen LogP contribution is 2.21. The van der Waals surface area contributed by atoms with Gasteiger partial charge in [0, 0.05) is 30.1 Å². The Morgan fingerprint density at radius 2 is 1.96 bits per heavy atom. The molecule has 1 aliphatic heterocycles. The van der Waals surface area contributed by atoms with Gasteiger partial charge in [0.05, 0.1) is 19.3 Å². The van der Waals surface area contributed by atoms with Gasteiger partial charge in [0.1, 0.15) is 0 Å². The van der Waals surface area contributed by atoms with Crippen molar-refractivity contribution >= 4 is 17.8 Å². The zero-order valence-electron chi connectivity index (χ0n) is 15.8. The van der Waals surface area contributed by atoms with Crippen LogP contribution in [0.5, 0.6) is 0 Å². The van der Waals surface area contributed by atoms with Crippen LogP contribution in [0.25, 0.3) is 0 Å². The number of amides is 2. The van der Waals surface area contributed by atoms with Crippen molar-refractivity contribution in [1.82, 2.24) is 15.5 Å². The molecule has 2 rings (SSSR count). The summed E-state index contributed by atoms with van der Waals surface area (Å²) < 4.78 is 5.44. The lowest BCUT2D eigenvalue weighted by atomic mass is 9.95. The molecular formula is C19H31N3O2S. The van der Waals surface area contributed by atoms with Crippen molar-refractivity contribution in [3.63, 3.8) is 0 Å². The number of rotatable bonds is 7. The van der Waals surface area contributed by atoms with Crippen LogP contribution < -0.4 is 10.6 Å². The van der Waals surface area contributed by atoms with Crippen LogP contribution in [0.3, 0.4) is 0 Å². The second kappa shape index (κ2) is 9.46. The molecule has 0 spiro atoms. The third-order valence-corrected chi connectivity index (χ3v) is 5.87. The molecule has 0 aromatic heterocycles. The second-order valence-corrected chi connectivity index (χ2v) is 7.65. The number of hydrogen-bond acceptors (Lipinski definition) is 4. The Hall–Kier alpha value is -1.24. The minimum atomic E-state index is -0.116. The first kappa shape index (κ1) is 20.1. The molecule has 1 fully saturated rings. The van der Waals surface area contributed by atoms with Crippen LogP contribution in [0.1, 0.15) is 38.8 Å². The van der Waals surface area contributed by atoms with Crippen LogP contribution in [0.2, 0.25) is 0 Å². The molecule has 1 aliphatic rings. The first-order valence-electron chi connectivity index (χ1n) is 8.99. The van der Waals surface area contributed by atoms with Crippen LogP contribution in [-0.4, -0.2) is 55.6 Å². The topological polar surface area (TPSA) is 53.6 Å². The predicted molar refractivity (Wildman–Crippen MR) is 104 cm³/mol. The van der Waals surface area contributed by atoms with E-state index in [1.807, 2.05) is 6.92 Å². The molecule has 140 valence electrons. The van der Waals surface area contributed by atoms with Gasteiger partial charge in [-0.05, 0) is 44.2 Å². The highest BCUT2D eigenvalue weighted by molar-refractivity contribution is 7.98. The van der Waals surface area contributed by atoms with Crippen LogP contribution in [0.15, 0.2) is 29.2 Å². The molecule has 0 saturated carbocycles. The molecule has 1 aromatic carbocycles. The number of morpholine rings is 1. The number of nitrogens with one attached hydrogen (secondary N) is 2. The van der Waals surface area contributed by atoms with Crippen molar-refractivity contribution in [2.24, 2.45) is 0 Å². The van der Waals surface area contributed by atoms with Crippen molar-refractivity contribution in [1.29, 1.82) is 0 Å². The van der Waals surface area contributed by atoms with E-state index in [9.17, 15) is 4.79 Å². The summed E-state index contributed by atoms with van der Waals surface area (Å²) in [6.07, 6.45) is 3.04. The fraction of sp³-hybridized carbons (Fsp3) is 0.632. The zero-order chi connectivity index (χ0) is 18.3.